The first-order chi connectivity index (χ1) is 8.33. The quantitative estimate of drug-likeness (QED) is 0.733. The highest BCUT2D eigenvalue weighted by Gasteiger charge is 2.29. The molecule has 0 unspecified atom stereocenters. The van der Waals surface area contributed by atoms with Crippen LogP contribution in [0.25, 0.3) is 0 Å². The van der Waals surface area contributed by atoms with Crippen LogP contribution in [0.3, 0.4) is 0 Å². The minimum atomic E-state index is -0.464. The topological polar surface area (TPSA) is 46.6 Å². The van der Waals surface area contributed by atoms with Crippen molar-refractivity contribution in [2.24, 2.45) is 5.92 Å². The zero-order valence-electron chi connectivity index (χ0n) is 12.0. The molecule has 0 saturated heterocycles. The third-order valence-electron chi connectivity index (χ3n) is 2.92. The number of hydrogen-bond acceptors (Lipinski definition) is 3. The molecule has 0 atom stereocenters. The van der Waals surface area contributed by atoms with Gasteiger partial charge in [0.1, 0.15) is 11.4 Å². The van der Waals surface area contributed by atoms with Crippen molar-refractivity contribution in [1.82, 2.24) is 4.90 Å². The molecule has 104 valence electrons. The third-order valence-corrected chi connectivity index (χ3v) is 2.92. The van der Waals surface area contributed by atoms with Gasteiger partial charge in [0.25, 0.3) is 0 Å². The van der Waals surface area contributed by atoms with Crippen LogP contribution in [0.15, 0.2) is 0 Å². The lowest BCUT2D eigenvalue weighted by molar-refractivity contribution is -0.120. The Labute approximate surface area is 110 Å². The number of Topliss-reactive ketones (excluding diaryl/α,β-unsaturated/α-hetero) is 1. The summed E-state index contributed by atoms with van der Waals surface area (Å²) in [7, 11) is 0. The lowest BCUT2D eigenvalue weighted by Gasteiger charge is -2.26. The van der Waals surface area contributed by atoms with Crippen molar-refractivity contribution in [2.75, 3.05) is 13.1 Å². The molecule has 1 rings (SSSR count). The first-order valence-corrected chi connectivity index (χ1v) is 6.84. The van der Waals surface area contributed by atoms with Gasteiger partial charge in [0.2, 0.25) is 0 Å². The average molecular weight is 255 g/mol. The Morgan fingerprint density at radius 1 is 1.28 bits per heavy atom. The molecular weight excluding hydrogens is 230 g/mol. The van der Waals surface area contributed by atoms with Gasteiger partial charge in [-0.15, -0.1) is 0 Å². The zero-order valence-corrected chi connectivity index (χ0v) is 12.0. The van der Waals surface area contributed by atoms with Crippen LogP contribution in [0, 0.1) is 5.92 Å². The molecular formula is C14H25NO3. The van der Waals surface area contributed by atoms with E-state index in [1.165, 1.54) is 0 Å². The van der Waals surface area contributed by atoms with E-state index < -0.39 is 5.60 Å². The molecule has 1 aliphatic rings. The molecule has 0 aromatic heterocycles. The third kappa shape index (κ3) is 5.52. The maximum Gasteiger partial charge on any atom is 0.410 e. The lowest BCUT2D eigenvalue weighted by Crippen LogP contribution is -2.37. The molecule has 0 heterocycles. The summed E-state index contributed by atoms with van der Waals surface area (Å²) >= 11 is 0. The summed E-state index contributed by atoms with van der Waals surface area (Å²) in [6.45, 7) is 8.71. The van der Waals surface area contributed by atoms with E-state index in [-0.39, 0.29) is 6.09 Å². The Hall–Kier alpha value is -1.06. The molecule has 0 radical (unpaired) electrons. The van der Waals surface area contributed by atoms with E-state index in [4.69, 9.17) is 4.74 Å². The van der Waals surface area contributed by atoms with Crippen LogP contribution in [0.2, 0.25) is 0 Å². The number of amides is 1. The number of hydrogen-bond donors (Lipinski definition) is 0. The van der Waals surface area contributed by atoms with Gasteiger partial charge in [0.05, 0.1) is 0 Å². The Bertz CT molecular complexity index is 303. The van der Waals surface area contributed by atoms with E-state index in [2.05, 4.69) is 0 Å². The molecule has 1 fully saturated rings. The average Bonchev–Trinajstić information content (AvgIpc) is 3.04. The van der Waals surface area contributed by atoms with Crippen LogP contribution in [-0.4, -0.2) is 35.5 Å². The number of ketones is 1. The van der Waals surface area contributed by atoms with Crippen molar-refractivity contribution in [3.8, 4) is 0 Å². The monoisotopic (exact) mass is 255 g/mol. The molecule has 0 aromatic rings. The van der Waals surface area contributed by atoms with Crippen molar-refractivity contribution in [3.05, 3.63) is 0 Å². The summed E-state index contributed by atoms with van der Waals surface area (Å²) in [5, 5.41) is 0. The van der Waals surface area contributed by atoms with E-state index in [0.29, 0.717) is 31.2 Å². The van der Waals surface area contributed by atoms with Crippen LogP contribution < -0.4 is 0 Å². The Kier molecular flexibility index (Phi) is 5.17. The highest BCUT2D eigenvalue weighted by molar-refractivity contribution is 5.83. The maximum atomic E-state index is 11.8. The van der Waals surface area contributed by atoms with E-state index in [1.807, 2.05) is 27.7 Å². The fourth-order valence-electron chi connectivity index (χ4n) is 1.76. The smallest absolute Gasteiger partial charge is 0.410 e. The van der Waals surface area contributed by atoms with E-state index >= 15 is 0 Å². The van der Waals surface area contributed by atoms with Gasteiger partial charge in [-0.2, -0.15) is 0 Å². The highest BCUT2D eigenvalue weighted by atomic mass is 16.6. The predicted molar refractivity (Wildman–Crippen MR) is 70.4 cm³/mol. The summed E-state index contributed by atoms with van der Waals surface area (Å²) in [6, 6.07) is 0. The number of carbonyl (C=O) groups is 2. The minimum Gasteiger partial charge on any atom is -0.444 e. The molecule has 0 N–H and O–H groups in total. The number of nitrogens with zero attached hydrogens (tertiary/aromatic N) is 1. The molecule has 4 heteroatoms. The fraction of sp³-hybridized carbons (Fsp3) is 0.857. The normalized spacial score (nSPS) is 15.3. The second-order valence-electron chi connectivity index (χ2n) is 5.90. The Morgan fingerprint density at radius 2 is 1.89 bits per heavy atom. The van der Waals surface area contributed by atoms with Crippen molar-refractivity contribution >= 4 is 11.9 Å². The van der Waals surface area contributed by atoms with Gasteiger partial charge >= 0.3 is 6.09 Å². The van der Waals surface area contributed by atoms with Gasteiger partial charge < -0.3 is 9.64 Å². The van der Waals surface area contributed by atoms with Gasteiger partial charge in [0, 0.05) is 25.4 Å². The van der Waals surface area contributed by atoms with Gasteiger partial charge in [-0.05, 0) is 47.0 Å². The van der Waals surface area contributed by atoms with Gasteiger partial charge in [-0.1, -0.05) is 0 Å². The number of ether oxygens (including phenoxy) is 1. The van der Waals surface area contributed by atoms with Crippen LogP contribution in [0.1, 0.15) is 53.4 Å². The summed E-state index contributed by atoms with van der Waals surface area (Å²) in [6.07, 6.45) is 3.15. The maximum absolute atomic E-state index is 11.8. The first kappa shape index (κ1) is 15.0. The lowest BCUT2D eigenvalue weighted by atomic mass is 10.1. The Balaban J connectivity index is 2.27. The Morgan fingerprint density at radius 3 is 2.33 bits per heavy atom. The van der Waals surface area contributed by atoms with Crippen LogP contribution >= 0.6 is 0 Å². The SMILES string of the molecule is CCN(CCCC(=O)C1CC1)C(=O)OC(C)(C)C. The van der Waals surface area contributed by atoms with E-state index in [0.717, 1.165) is 19.3 Å². The fourth-order valence-corrected chi connectivity index (χ4v) is 1.76. The minimum absolute atomic E-state index is 0.288. The van der Waals surface area contributed by atoms with Gasteiger partial charge in [-0.25, -0.2) is 4.79 Å². The summed E-state index contributed by atoms with van der Waals surface area (Å²) in [5.74, 6) is 0.678. The van der Waals surface area contributed by atoms with Crippen molar-refractivity contribution in [2.45, 2.75) is 59.0 Å². The van der Waals surface area contributed by atoms with Crippen LogP contribution in [0.5, 0.6) is 0 Å². The molecule has 1 saturated carbocycles. The number of carbonyl (C=O) groups excluding carboxylic acids is 2. The van der Waals surface area contributed by atoms with Crippen LogP contribution in [-0.2, 0) is 9.53 Å². The van der Waals surface area contributed by atoms with Gasteiger partial charge in [0.15, 0.2) is 0 Å². The molecule has 0 spiro atoms. The summed E-state index contributed by atoms with van der Waals surface area (Å²) in [5.41, 5.74) is -0.464. The molecule has 1 aliphatic carbocycles. The molecule has 1 amide bonds. The second kappa shape index (κ2) is 6.21. The first-order valence-electron chi connectivity index (χ1n) is 6.84. The van der Waals surface area contributed by atoms with E-state index in [1.54, 1.807) is 4.90 Å². The largest absolute Gasteiger partial charge is 0.444 e. The molecule has 0 aromatic carbocycles. The van der Waals surface area contributed by atoms with Crippen molar-refractivity contribution in [1.29, 1.82) is 0 Å². The van der Waals surface area contributed by atoms with Gasteiger partial charge in [-0.3, -0.25) is 4.79 Å². The second-order valence-corrected chi connectivity index (χ2v) is 5.90. The van der Waals surface area contributed by atoms with Crippen LogP contribution in [0.4, 0.5) is 4.79 Å². The zero-order chi connectivity index (χ0) is 13.8. The molecule has 0 aliphatic heterocycles. The molecule has 18 heavy (non-hydrogen) atoms. The van der Waals surface area contributed by atoms with Crippen molar-refractivity contribution < 1.29 is 14.3 Å². The standard InChI is InChI=1S/C14H25NO3/c1-5-15(13(17)18-14(2,3)4)10-6-7-12(16)11-8-9-11/h11H,5-10H2,1-4H3. The van der Waals surface area contributed by atoms with Crippen molar-refractivity contribution in [3.63, 3.8) is 0 Å². The highest BCUT2D eigenvalue weighted by Crippen LogP contribution is 2.31. The van der Waals surface area contributed by atoms with E-state index in [9.17, 15) is 9.59 Å². The molecule has 0 bridgehead atoms. The summed E-state index contributed by atoms with van der Waals surface area (Å²) < 4.78 is 5.31. The molecule has 4 nitrogen and oxygen atoms in total. The predicted octanol–water partition coefficient (Wildman–Crippen LogP) is 3.00. The number of rotatable bonds is 6. The summed E-state index contributed by atoms with van der Waals surface area (Å²) in [4.78, 5) is 25.0.